The van der Waals surface area contributed by atoms with Crippen molar-refractivity contribution in [1.82, 2.24) is 9.78 Å². The first-order valence-corrected chi connectivity index (χ1v) is 8.90. The van der Waals surface area contributed by atoms with Crippen LogP contribution in [0, 0.1) is 25.5 Å². The summed E-state index contributed by atoms with van der Waals surface area (Å²) in [6.07, 6.45) is 3.06. The molecule has 0 radical (unpaired) electrons. The molecule has 138 valence electrons. The zero-order valence-corrected chi connectivity index (χ0v) is 16.2. The fraction of sp³-hybridized carbons (Fsp3) is 0.100. The maximum Gasteiger partial charge on any atom is 0.248 e. The Labute approximate surface area is 163 Å². The number of nitrogens with one attached hydrogen (secondary N) is 1. The Kier molecular flexibility index (Phi) is 5.51. The maximum absolute atomic E-state index is 13.1. The highest BCUT2D eigenvalue weighted by molar-refractivity contribution is 9.10. The van der Waals surface area contributed by atoms with Crippen LogP contribution in [-0.2, 0) is 4.79 Å². The zero-order valence-electron chi connectivity index (χ0n) is 14.6. The Morgan fingerprint density at radius 2 is 1.78 bits per heavy atom. The first kappa shape index (κ1) is 19.0. The average molecular weight is 432 g/mol. The van der Waals surface area contributed by atoms with Crippen molar-refractivity contribution in [2.45, 2.75) is 13.8 Å². The third kappa shape index (κ3) is 4.31. The number of hydrogen-bond acceptors (Lipinski definition) is 2. The van der Waals surface area contributed by atoms with Crippen molar-refractivity contribution in [3.05, 3.63) is 81.6 Å². The van der Waals surface area contributed by atoms with E-state index in [0.717, 1.165) is 22.6 Å². The van der Waals surface area contributed by atoms with Crippen LogP contribution in [0.4, 0.5) is 14.5 Å². The van der Waals surface area contributed by atoms with Crippen LogP contribution in [0.2, 0.25) is 0 Å². The van der Waals surface area contributed by atoms with E-state index in [9.17, 15) is 13.6 Å². The van der Waals surface area contributed by atoms with Crippen molar-refractivity contribution in [3.8, 4) is 5.69 Å². The van der Waals surface area contributed by atoms with Crippen molar-refractivity contribution < 1.29 is 13.6 Å². The summed E-state index contributed by atoms with van der Waals surface area (Å²) in [6, 6.07) is 10.0. The molecule has 1 N–H and O–H groups in total. The largest absolute Gasteiger partial charge is 0.321 e. The molecule has 0 spiro atoms. The topological polar surface area (TPSA) is 46.9 Å². The molecule has 27 heavy (non-hydrogen) atoms. The normalized spacial score (nSPS) is 11.1. The van der Waals surface area contributed by atoms with Crippen LogP contribution < -0.4 is 5.32 Å². The molecule has 0 atom stereocenters. The summed E-state index contributed by atoms with van der Waals surface area (Å²) in [4.78, 5) is 12.2. The van der Waals surface area contributed by atoms with E-state index in [2.05, 4.69) is 26.3 Å². The molecule has 1 amide bonds. The molecule has 4 nitrogen and oxygen atoms in total. The smallest absolute Gasteiger partial charge is 0.248 e. The van der Waals surface area contributed by atoms with Gasteiger partial charge in [0.25, 0.3) is 0 Å². The molecule has 3 aromatic rings. The molecule has 0 saturated heterocycles. The Bertz CT molecular complexity index is 1030. The lowest BCUT2D eigenvalue weighted by molar-refractivity contribution is -0.111. The molecule has 1 heterocycles. The summed E-state index contributed by atoms with van der Waals surface area (Å²) in [6.45, 7) is 3.71. The van der Waals surface area contributed by atoms with Crippen LogP contribution in [0.1, 0.15) is 17.0 Å². The number of anilines is 1. The second kappa shape index (κ2) is 7.84. The lowest BCUT2D eigenvalue weighted by Gasteiger charge is -2.05. The van der Waals surface area contributed by atoms with Crippen LogP contribution in [0.25, 0.3) is 11.8 Å². The quantitative estimate of drug-likeness (QED) is 0.578. The first-order valence-electron chi connectivity index (χ1n) is 8.11. The fourth-order valence-corrected chi connectivity index (χ4v) is 3.10. The SMILES string of the molecule is Cc1nn(-c2ccc(F)cc2)c(C)c1/C=C/C(=O)Nc1ccc(F)cc1Br. The van der Waals surface area contributed by atoms with Gasteiger partial charge in [0.05, 0.1) is 17.1 Å². The molecule has 0 aliphatic carbocycles. The van der Waals surface area contributed by atoms with E-state index in [-0.39, 0.29) is 11.7 Å². The van der Waals surface area contributed by atoms with Gasteiger partial charge in [0.2, 0.25) is 5.91 Å². The minimum absolute atomic E-state index is 0.316. The molecule has 0 bridgehead atoms. The minimum atomic E-state index is -0.394. The van der Waals surface area contributed by atoms with Crippen molar-refractivity contribution in [3.63, 3.8) is 0 Å². The van der Waals surface area contributed by atoms with E-state index in [0.29, 0.717) is 10.2 Å². The van der Waals surface area contributed by atoms with Crippen LogP contribution in [0.3, 0.4) is 0 Å². The standard InChI is InChI=1S/C20H16BrF2N3O/c1-12-17(13(2)26(25-12)16-6-3-14(22)4-7-16)8-10-20(27)24-19-9-5-15(23)11-18(19)21/h3-11H,1-2H3,(H,24,27)/b10-8+. The zero-order chi connectivity index (χ0) is 19.6. The van der Waals surface area contributed by atoms with Crippen LogP contribution in [0.15, 0.2) is 53.0 Å². The van der Waals surface area contributed by atoms with Gasteiger partial charge in [-0.2, -0.15) is 5.10 Å². The lowest BCUT2D eigenvalue weighted by atomic mass is 10.2. The molecular weight excluding hydrogens is 416 g/mol. The molecule has 0 unspecified atom stereocenters. The molecule has 3 rings (SSSR count). The van der Waals surface area contributed by atoms with Gasteiger partial charge in [0.15, 0.2) is 0 Å². The Morgan fingerprint density at radius 1 is 1.11 bits per heavy atom. The summed E-state index contributed by atoms with van der Waals surface area (Å²) in [5, 5.41) is 7.14. The van der Waals surface area contributed by atoms with Gasteiger partial charge in [-0.25, -0.2) is 13.5 Å². The highest BCUT2D eigenvalue weighted by atomic mass is 79.9. The highest BCUT2D eigenvalue weighted by Crippen LogP contribution is 2.23. The van der Waals surface area contributed by atoms with Gasteiger partial charge in [0.1, 0.15) is 11.6 Å². The number of aromatic nitrogens is 2. The van der Waals surface area contributed by atoms with Gasteiger partial charge < -0.3 is 5.32 Å². The van der Waals surface area contributed by atoms with E-state index in [1.807, 2.05) is 13.8 Å². The van der Waals surface area contributed by atoms with E-state index in [4.69, 9.17) is 0 Å². The number of rotatable bonds is 4. The number of nitrogens with zero attached hydrogens (tertiary/aromatic N) is 2. The van der Waals surface area contributed by atoms with Crippen LogP contribution in [-0.4, -0.2) is 15.7 Å². The van der Waals surface area contributed by atoms with E-state index in [1.165, 1.54) is 36.4 Å². The number of aryl methyl sites for hydroxylation is 1. The maximum atomic E-state index is 13.1. The number of halogens is 3. The van der Waals surface area contributed by atoms with Crippen molar-refractivity contribution >= 4 is 33.6 Å². The monoisotopic (exact) mass is 431 g/mol. The summed E-state index contributed by atoms with van der Waals surface area (Å²) < 4.78 is 28.4. The highest BCUT2D eigenvalue weighted by Gasteiger charge is 2.11. The first-order chi connectivity index (χ1) is 12.8. The average Bonchev–Trinajstić information content (AvgIpc) is 2.90. The van der Waals surface area contributed by atoms with Gasteiger partial charge in [-0.05, 0) is 78.3 Å². The third-order valence-electron chi connectivity index (χ3n) is 4.01. The Hall–Kier alpha value is -2.80. The van der Waals surface area contributed by atoms with E-state index in [1.54, 1.807) is 22.9 Å². The van der Waals surface area contributed by atoms with Gasteiger partial charge in [-0.3, -0.25) is 4.79 Å². The molecule has 0 fully saturated rings. The molecule has 2 aromatic carbocycles. The Balaban J connectivity index is 1.80. The van der Waals surface area contributed by atoms with Crippen molar-refractivity contribution in [2.75, 3.05) is 5.32 Å². The van der Waals surface area contributed by atoms with Crippen molar-refractivity contribution in [2.24, 2.45) is 0 Å². The lowest BCUT2D eigenvalue weighted by Crippen LogP contribution is -2.08. The number of amides is 1. The Morgan fingerprint density at radius 3 is 2.44 bits per heavy atom. The molecule has 0 aliphatic heterocycles. The van der Waals surface area contributed by atoms with Gasteiger partial charge in [0, 0.05) is 21.8 Å². The van der Waals surface area contributed by atoms with E-state index >= 15 is 0 Å². The van der Waals surface area contributed by atoms with Gasteiger partial charge in [-0.15, -0.1) is 0 Å². The van der Waals surface area contributed by atoms with Gasteiger partial charge in [-0.1, -0.05) is 0 Å². The van der Waals surface area contributed by atoms with Crippen LogP contribution in [0.5, 0.6) is 0 Å². The molecular formula is C20H16BrF2N3O. The fourth-order valence-electron chi connectivity index (χ4n) is 2.65. The minimum Gasteiger partial charge on any atom is -0.321 e. The van der Waals surface area contributed by atoms with Gasteiger partial charge >= 0.3 is 0 Å². The summed E-state index contributed by atoms with van der Waals surface area (Å²) in [7, 11) is 0. The summed E-state index contributed by atoms with van der Waals surface area (Å²) in [5.41, 5.74) is 3.57. The number of hydrogen-bond donors (Lipinski definition) is 1. The predicted octanol–water partition coefficient (Wildman–Crippen LogP) is 5.18. The summed E-state index contributed by atoms with van der Waals surface area (Å²) in [5.74, 6) is -1.06. The second-order valence-electron chi connectivity index (χ2n) is 5.92. The number of carbonyl (C=O) groups excluding carboxylic acids is 1. The van der Waals surface area contributed by atoms with Crippen LogP contribution >= 0.6 is 15.9 Å². The summed E-state index contributed by atoms with van der Waals surface area (Å²) >= 11 is 3.21. The van der Waals surface area contributed by atoms with Crippen molar-refractivity contribution in [1.29, 1.82) is 0 Å². The number of carbonyl (C=O) groups is 1. The molecule has 7 heteroatoms. The molecule has 0 saturated carbocycles. The molecule has 1 aromatic heterocycles. The number of benzene rings is 2. The molecule has 0 aliphatic rings. The predicted molar refractivity (Wildman–Crippen MR) is 105 cm³/mol. The third-order valence-corrected chi connectivity index (χ3v) is 4.66. The second-order valence-corrected chi connectivity index (χ2v) is 6.77. The van der Waals surface area contributed by atoms with E-state index < -0.39 is 5.82 Å².